The second-order valence-corrected chi connectivity index (χ2v) is 5.09. The lowest BCUT2D eigenvalue weighted by Crippen LogP contribution is -2.45. The summed E-state index contributed by atoms with van der Waals surface area (Å²) in [6, 6.07) is 5.92. The molecule has 4 amide bonds. The van der Waals surface area contributed by atoms with Crippen molar-refractivity contribution in [2.24, 2.45) is 0 Å². The second kappa shape index (κ2) is 10.7. The summed E-state index contributed by atoms with van der Waals surface area (Å²) < 4.78 is 10.2. The van der Waals surface area contributed by atoms with E-state index in [1.54, 1.807) is 38.1 Å². The van der Waals surface area contributed by atoms with Crippen molar-refractivity contribution >= 4 is 23.8 Å². The van der Waals surface area contributed by atoms with Crippen LogP contribution in [0.15, 0.2) is 24.3 Å². The van der Waals surface area contributed by atoms with Gasteiger partial charge < -0.3 is 20.1 Å². The number of para-hydroxylation sites is 1. The van der Waals surface area contributed by atoms with E-state index < -0.39 is 36.5 Å². The first-order chi connectivity index (χ1) is 12.4. The molecule has 0 unspecified atom stereocenters. The zero-order valence-corrected chi connectivity index (χ0v) is 15.0. The molecular formula is C17H23N3O6. The third kappa shape index (κ3) is 6.80. The van der Waals surface area contributed by atoms with Gasteiger partial charge in [0.05, 0.1) is 12.2 Å². The molecule has 1 aromatic carbocycles. The predicted molar refractivity (Wildman–Crippen MR) is 92.7 cm³/mol. The van der Waals surface area contributed by atoms with Crippen LogP contribution in [-0.4, -0.2) is 49.6 Å². The van der Waals surface area contributed by atoms with Crippen LogP contribution in [0.5, 0.6) is 5.75 Å². The van der Waals surface area contributed by atoms with Crippen molar-refractivity contribution < 1.29 is 28.7 Å². The number of amides is 4. The van der Waals surface area contributed by atoms with Crippen molar-refractivity contribution in [1.29, 1.82) is 0 Å². The number of hydrogen-bond donors (Lipinski definition) is 3. The van der Waals surface area contributed by atoms with Crippen LogP contribution in [0.2, 0.25) is 0 Å². The summed E-state index contributed by atoms with van der Waals surface area (Å²) in [5, 5.41) is 6.80. The van der Waals surface area contributed by atoms with Crippen molar-refractivity contribution in [3.05, 3.63) is 29.8 Å². The molecule has 0 saturated heterocycles. The van der Waals surface area contributed by atoms with Crippen molar-refractivity contribution in [3.63, 3.8) is 0 Å². The zero-order valence-electron chi connectivity index (χ0n) is 15.0. The summed E-state index contributed by atoms with van der Waals surface area (Å²) in [5.41, 5.74) is 0.282. The van der Waals surface area contributed by atoms with Crippen molar-refractivity contribution in [2.45, 2.75) is 26.9 Å². The van der Waals surface area contributed by atoms with E-state index in [2.05, 4.69) is 10.6 Å². The van der Waals surface area contributed by atoms with Gasteiger partial charge in [-0.05, 0) is 32.9 Å². The van der Waals surface area contributed by atoms with E-state index in [4.69, 9.17) is 9.47 Å². The third-order valence-electron chi connectivity index (χ3n) is 3.08. The van der Waals surface area contributed by atoms with Crippen LogP contribution in [0.4, 0.5) is 4.79 Å². The van der Waals surface area contributed by atoms with Gasteiger partial charge in [0, 0.05) is 6.54 Å². The van der Waals surface area contributed by atoms with Crippen molar-refractivity contribution in [3.8, 4) is 5.75 Å². The number of hydrogen-bond acceptors (Lipinski definition) is 6. The van der Waals surface area contributed by atoms with E-state index in [-0.39, 0.29) is 5.56 Å². The molecular weight excluding hydrogens is 342 g/mol. The number of urea groups is 1. The summed E-state index contributed by atoms with van der Waals surface area (Å²) in [4.78, 5) is 46.9. The van der Waals surface area contributed by atoms with Gasteiger partial charge in [0.2, 0.25) is 0 Å². The highest BCUT2D eigenvalue weighted by molar-refractivity contribution is 5.99. The molecule has 0 radical (unpaired) electrons. The summed E-state index contributed by atoms with van der Waals surface area (Å²) >= 11 is 0. The van der Waals surface area contributed by atoms with E-state index in [1.807, 2.05) is 5.32 Å². The van der Waals surface area contributed by atoms with E-state index >= 15 is 0 Å². The van der Waals surface area contributed by atoms with Gasteiger partial charge in [-0.2, -0.15) is 0 Å². The van der Waals surface area contributed by atoms with Crippen LogP contribution in [0.3, 0.4) is 0 Å². The van der Waals surface area contributed by atoms with Crippen molar-refractivity contribution in [1.82, 2.24) is 16.0 Å². The van der Waals surface area contributed by atoms with Gasteiger partial charge in [-0.3, -0.25) is 19.7 Å². The topological polar surface area (TPSA) is 123 Å². The monoisotopic (exact) mass is 365 g/mol. The highest BCUT2D eigenvalue weighted by Gasteiger charge is 2.20. The zero-order chi connectivity index (χ0) is 19.5. The molecule has 1 atom stereocenters. The Kier molecular flexibility index (Phi) is 8.62. The van der Waals surface area contributed by atoms with Gasteiger partial charge in [0.15, 0.2) is 6.10 Å². The number of nitrogens with one attached hydrogen (secondary N) is 3. The average molecular weight is 365 g/mol. The summed E-state index contributed by atoms with van der Waals surface area (Å²) in [6.45, 7) is 5.11. The van der Waals surface area contributed by atoms with Crippen molar-refractivity contribution in [2.75, 3.05) is 19.7 Å². The fourth-order valence-corrected chi connectivity index (χ4v) is 1.89. The first-order valence-corrected chi connectivity index (χ1v) is 8.17. The number of imide groups is 1. The first kappa shape index (κ1) is 20.9. The normalized spacial score (nSPS) is 11.0. The second-order valence-electron chi connectivity index (χ2n) is 5.09. The molecule has 1 aromatic rings. The summed E-state index contributed by atoms with van der Waals surface area (Å²) in [6.07, 6.45) is -1.18. The van der Waals surface area contributed by atoms with Crippen LogP contribution in [0, 0.1) is 0 Å². The lowest BCUT2D eigenvalue weighted by atomic mass is 10.2. The van der Waals surface area contributed by atoms with E-state index in [1.165, 1.54) is 6.92 Å². The van der Waals surface area contributed by atoms with Crippen LogP contribution >= 0.6 is 0 Å². The lowest BCUT2D eigenvalue weighted by molar-refractivity contribution is -0.153. The highest BCUT2D eigenvalue weighted by atomic mass is 16.5. The molecule has 0 heterocycles. The molecule has 0 bridgehead atoms. The van der Waals surface area contributed by atoms with E-state index in [0.29, 0.717) is 18.9 Å². The minimum Gasteiger partial charge on any atom is -0.493 e. The lowest BCUT2D eigenvalue weighted by Gasteiger charge is -2.14. The largest absolute Gasteiger partial charge is 0.493 e. The number of benzene rings is 1. The Labute approximate surface area is 151 Å². The molecule has 142 valence electrons. The fourth-order valence-electron chi connectivity index (χ4n) is 1.89. The Morgan fingerprint density at radius 2 is 1.77 bits per heavy atom. The molecule has 0 aliphatic heterocycles. The summed E-state index contributed by atoms with van der Waals surface area (Å²) in [7, 11) is 0. The quantitative estimate of drug-likeness (QED) is 0.580. The Bertz CT molecular complexity index is 662. The Hall–Kier alpha value is -3.10. The van der Waals surface area contributed by atoms with E-state index in [9.17, 15) is 19.2 Å². The Morgan fingerprint density at radius 1 is 1.08 bits per heavy atom. The smallest absolute Gasteiger partial charge is 0.326 e. The SMILES string of the molecule is CCNC(=O)NC(=O)[C@H](C)OC(=O)CNC(=O)c1ccccc1OCC. The van der Waals surface area contributed by atoms with Crippen LogP contribution < -0.4 is 20.7 Å². The molecule has 26 heavy (non-hydrogen) atoms. The standard InChI is InChI=1S/C17H23N3O6/c1-4-18-17(24)20-15(22)11(3)26-14(21)10-19-16(23)12-8-6-7-9-13(12)25-5-2/h6-9,11H,4-5,10H2,1-3H3,(H,19,23)(H2,18,20,22,24)/t11-/m0/s1. The Morgan fingerprint density at radius 3 is 2.42 bits per heavy atom. The van der Waals surface area contributed by atoms with Gasteiger partial charge in [-0.1, -0.05) is 12.1 Å². The van der Waals surface area contributed by atoms with Gasteiger partial charge in [0.25, 0.3) is 11.8 Å². The number of carbonyl (C=O) groups is 4. The van der Waals surface area contributed by atoms with E-state index in [0.717, 1.165) is 0 Å². The van der Waals surface area contributed by atoms with Gasteiger partial charge in [-0.25, -0.2) is 4.79 Å². The molecule has 3 N–H and O–H groups in total. The summed E-state index contributed by atoms with van der Waals surface area (Å²) in [5.74, 6) is -1.69. The van der Waals surface area contributed by atoms with Crippen LogP contribution in [0.1, 0.15) is 31.1 Å². The molecule has 0 spiro atoms. The van der Waals surface area contributed by atoms with Crippen LogP contribution in [0.25, 0.3) is 0 Å². The molecule has 9 nitrogen and oxygen atoms in total. The number of esters is 1. The first-order valence-electron chi connectivity index (χ1n) is 8.17. The number of carbonyl (C=O) groups excluding carboxylic acids is 4. The molecule has 0 fully saturated rings. The molecule has 0 saturated carbocycles. The fraction of sp³-hybridized carbons (Fsp3) is 0.412. The Balaban J connectivity index is 2.50. The van der Waals surface area contributed by atoms with Gasteiger partial charge in [-0.15, -0.1) is 0 Å². The molecule has 0 aromatic heterocycles. The predicted octanol–water partition coefficient (Wildman–Crippen LogP) is 0.593. The maximum Gasteiger partial charge on any atom is 0.326 e. The minimum absolute atomic E-state index is 0.282. The molecule has 0 aliphatic carbocycles. The maximum atomic E-state index is 12.2. The average Bonchev–Trinajstić information content (AvgIpc) is 2.60. The van der Waals surface area contributed by atoms with Crippen LogP contribution in [-0.2, 0) is 14.3 Å². The number of ether oxygens (including phenoxy) is 2. The third-order valence-corrected chi connectivity index (χ3v) is 3.08. The minimum atomic E-state index is -1.18. The van der Waals surface area contributed by atoms with Gasteiger partial charge >= 0.3 is 12.0 Å². The highest BCUT2D eigenvalue weighted by Crippen LogP contribution is 2.17. The molecule has 9 heteroatoms. The number of rotatable bonds is 8. The molecule has 1 rings (SSSR count). The molecule has 0 aliphatic rings. The maximum absolute atomic E-state index is 12.2. The van der Waals surface area contributed by atoms with Gasteiger partial charge in [0.1, 0.15) is 12.3 Å².